The Morgan fingerprint density at radius 2 is 1.62 bits per heavy atom. The largest absolute Gasteiger partial charge is 0.507 e. The van der Waals surface area contributed by atoms with Gasteiger partial charge in [-0.05, 0) is 31.0 Å². The van der Waals surface area contributed by atoms with Crippen LogP contribution < -0.4 is 5.56 Å². The Balaban J connectivity index is 2.53. The molecule has 0 unspecified atom stereocenters. The van der Waals surface area contributed by atoms with E-state index in [0.717, 1.165) is 5.56 Å². The Bertz CT molecular complexity index is 1010. The molecular formula is C21H20N2O3. The van der Waals surface area contributed by atoms with Gasteiger partial charge in [-0.25, -0.2) is 0 Å². The molecule has 2 N–H and O–H groups in total. The van der Waals surface area contributed by atoms with E-state index in [4.69, 9.17) is 0 Å². The summed E-state index contributed by atoms with van der Waals surface area (Å²) < 4.78 is 1.57. The van der Waals surface area contributed by atoms with Crippen LogP contribution in [0.1, 0.15) is 25.0 Å². The third kappa shape index (κ3) is 2.88. The Kier molecular flexibility index (Phi) is 4.89. The van der Waals surface area contributed by atoms with Crippen LogP contribution >= 0.6 is 0 Å². The molecule has 2 aromatic carbocycles. The van der Waals surface area contributed by atoms with Crippen LogP contribution in [-0.4, -0.2) is 20.6 Å². The second-order valence-corrected chi connectivity index (χ2v) is 5.93. The van der Waals surface area contributed by atoms with Crippen molar-refractivity contribution in [2.45, 2.75) is 20.3 Å². The zero-order valence-electron chi connectivity index (χ0n) is 14.7. The Labute approximate surface area is 151 Å². The third-order valence-electron chi connectivity index (χ3n) is 4.38. The van der Waals surface area contributed by atoms with Crippen LogP contribution in [0.25, 0.3) is 16.9 Å². The zero-order chi connectivity index (χ0) is 18.7. The molecule has 0 saturated carbocycles. The highest BCUT2D eigenvalue weighted by Crippen LogP contribution is 2.33. The summed E-state index contributed by atoms with van der Waals surface area (Å²) in [5, 5.41) is 23.1. The second kappa shape index (κ2) is 7.27. The number of hydrogen-bond donors (Lipinski definition) is 2. The lowest BCUT2D eigenvalue weighted by Gasteiger charge is -2.20. The quantitative estimate of drug-likeness (QED) is 0.425. The topological polar surface area (TPSA) is 74.8 Å². The molecule has 0 saturated heterocycles. The van der Waals surface area contributed by atoms with Crippen molar-refractivity contribution in [3.63, 3.8) is 0 Å². The van der Waals surface area contributed by atoms with Crippen molar-refractivity contribution in [2.75, 3.05) is 0 Å². The van der Waals surface area contributed by atoms with Crippen LogP contribution in [0.15, 0.2) is 70.6 Å². The number of hydrogen-bond acceptors (Lipinski definition) is 4. The Morgan fingerprint density at radius 1 is 1.04 bits per heavy atom. The molecule has 0 bridgehead atoms. The lowest BCUT2D eigenvalue weighted by Crippen LogP contribution is -2.27. The molecule has 0 aliphatic heterocycles. The van der Waals surface area contributed by atoms with E-state index in [2.05, 4.69) is 5.16 Å². The lowest BCUT2D eigenvalue weighted by atomic mass is 9.98. The van der Waals surface area contributed by atoms with Gasteiger partial charge in [0, 0.05) is 11.3 Å². The summed E-state index contributed by atoms with van der Waals surface area (Å²) in [7, 11) is 0. The number of aromatic nitrogens is 1. The first-order valence-electron chi connectivity index (χ1n) is 8.40. The average Bonchev–Trinajstić information content (AvgIpc) is 2.68. The summed E-state index contributed by atoms with van der Waals surface area (Å²) in [5.41, 5.74) is 2.41. The third-order valence-corrected chi connectivity index (χ3v) is 4.38. The molecule has 0 atom stereocenters. The SMILES string of the molecule is CCc1c(O)c(/C(C)=N\O)c(=O)n(-c2ccccc2)c1-c1ccccc1. The van der Waals surface area contributed by atoms with E-state index >= 15 is 0 Å². The number of rotatable bonds is 4. The highest BCUT2D eigenvalue weighted by Gasteiger charge is 2.24. The molecule has 0 aliphatic carbocycles. The fraction of sp³-hybridized carbons (Fsp3) is 0.143. The molecule has 5 heteroatoms. The average molecular weight is 348 g/mol. The number of benzene rings is 2. The normalized spacial score (nSPS) is 11.5. The van der Waals surface area contributed by atoms with E-state index in [0.29, 0.717) is 23.4 Å². The van der Waals surface area contributed by atoms with Gasteiger partial charge in [0.15, 0.2) is 0 Å². The molecule has 3 rings (SSSR count). The highest BCUT2D eigenvalue weighted by atomic mass is 16.4. The van der Waals surface area contributed by atoms with Crippen molar-refractivity contribution in [3.8, 4) is 22.7 Å². The maximum Gasteiger partial charge on any atom is 0.268 e. The van der Waals surface area contributed by atoms with Gasteiger partial charge in [0.1, 0.15) is 11.3 Å². The van der Waals surface area contributed by atoms with Crippen molar-refractivity contribution in [2.24, 2.45) is 5.16 Å². The zero-order valence-corrected chi connectivity index (χ0v) is 14.7. The first-order valence-corrected chi connectivity index (χ1v) is 8.40. The van der Waals surface area contributed by atoms with Gasteiger partial charge < -0.3 is 10.3 Å². The summed E-state index contributed by atoms with van der Waals surface area (Å²) >= 11 is 0. The second-order valence-electron chi connectivity index (χ2n) is 5.93. The van der Waals surface area contributed by atoms with Gasteiger partial charge in [-0.3, -0.25) is 9.36 Å². The molecule has 26 heavy (non-hydrogen) atoms. The minimum Gasteiger partial charge on any atom is -0.507 e. The molecule has 0 radical (unpaired) electrons. The van der Waals surface area contributed by atoms with Crippen molar-refractivity contribution >= 4 is 5.71 Å². The molecule has 1 aromatic heterocycles. The molecule has 132 valence electrons. The number of para-hydroxylation sites is 1. The summed E-state index contributed by atoms with van der Waals surface area (Å²) in [6.07, 6.45) is 0.509. The van der Waals surface area contributed by atoms with Crippen LogP contribution in [0.2, 0.25) is 0 Å². The van der Waals surface area contributed by atoms with E-state index in [1.54, 1.807) is 4.57 Å². The molecule has 0 amide bonds. The number of oxime groups is 1. The highest BCUT2D eigenvalue weighted by molar-refractivity contribution is 6.01. The van der Waals surface area contributed by atoms with Crippen LogP contribution in [0, 0.1) is 0 Å². The molecule has 0 aliphatic rings. The molecule has 0 fully saturated rings. The summed E-state index contributed by atoms with van der Waals surface area (Å²) in [6, 6.07) is 18.7. The van der Waals surface area contributed by atoms with Crippen molar-refractivity contribution in [3.05, 3.63) is 82.1 Å². The molecule has 0 spiro atoms. The lowest BCUT2D eigenvalue weighted by molar-refractivity contribution is 0.318. The first kappa shape index (κ1) is 17.5. The van der Waals surface area contributed by atoms with Gasteiger partial charge in [0.2, 0.25) is 0 Å². The van der Waals surface area contributed by atoms with Gasteiger partial charge in [-0.1, -0.05) is 60.6 Å². The molecule has 3 aromatic rings. The predicted octanol–water partition coefficient (Wildman–Crippen LogP) is 3.97. The van der Waals surface area contributed by atoms with Crippen LogP contribution in [-0.2, 0) is 6.42 Å². The maximum atomic E-state index is 13.3. The first-order chi connectivity index (χ1) is 12.6. The van der Waals surface area contributed by atoms with E-state index < -0.39 is 5.56 Å². The smallest absolute Gasteiger partial charge is 0.268 e. The number of nitrogens with zero attached hydrogens (tertiary/aromatic N) is 2. The summed E-state index contributed by atoms with van der Waals surface area (Å²) in [4.78, 5) is 13.3. The standard InChI is InChI=1S/C21H20N2O3/c1-3-17-19(15-10-6-4-7-11-15)23(16-12-8-5-9-13-16)21(25)18(20(17)24)14(2)22-26/h4-13,24,26H,3H2,1-2H3/b22-14-. The van der Waals surface area contributed by atoms with Crippen molar-refractivity contribution in [1.29, 1.82) is 0 Å². The van der Waals surface area contributed by atoms with Crippen LogP contribution in [0.4, 0.5) is 0 Å². The van der Waals surface area contributed by atoms with Gasteiger partial charge >= 0.3 is 0 Å². The van der Waals surface area contributed by atoms with Crippen LogP contribution in [0.5, 0.6) is 5.75 Å². The summed E-state index contributed by atoms with van der Waals surface area (Å²) in [5.74, 6) is -0.140. The van der Waals surface area contributed by atoms with Crippen molar-refractivity contribution < 1.29 is 10.3 Å². The summed E-state index contributed by atoms with van der Waals surface area (Å²) in [6.45, 7) is 3.41. The van der Waals surface area contributed by atoms with Gasteiger partial charge in [-0.15, -0.1) is 0 Å². The monoisotopic (exact) mass is 348 g/mol. The molecule has 5 nitrogen and oxygen atoms in total. The fourth-order valence-electron chi connectivity index (χ4n) is 3.15. The van der Waals surface area contributed by atoms with E-state index in [-0.39, 0.29) is 17.0 Å². The van der Waals surface area contributed by atoms with E-state index in [9.17, 15) is 15.1 Å². The van der Waals surface area contributed by atoms with Gasteiger partial charge in [0.05, 0.1) is 11.4 Å². The minimum absolute atomic E-state index is 0.00730. The maximum absolute atomic E-state index is 13.3. The van der Waals surface area contributed by atoms with Crippen LogP contribution in [0.3, 0.4) is 0 Å². The van der Waals surface area contributed by atoms with Gasteiger partial charge in [0.25, 0.3) is 5.56 Å². The number of pyridine rings is 1. The fourth-order valence-corrected chi connectivity index (χ4v) is 3.15. The predicted molar refractivity (Wildman–Crippen MR) is 103 cm³/mol. The number of aromatic hydroxyl groups is 1. The Morgan fingerprint density at radius 3 is 2.15 bits per heavy atom. The van der Waals surface area contributed by atoms with E-state index in [1.807, 2.05) is 67.6 Å². The van der Waals surface area contributed by atoms with Crippen molar-refractivity contribution in [1.82, 2.24) is 4.57 Å². The molecular weight excluding hydrogens is 328 g/mol. The van der Waals surface area contributed by atoms with Gasteiger partial charge in [-0.2, -0.15) is 0 Å². The van der Waals surface area contributed by atoms with E-state index in [1.165, 1.54) is 6.92 Å². The minimum atomic E-state index is -0.431. The molecule has 1 heterocycles. The Hall–Kier alpha value is -3.34.